The standard InChI is InChI=1S/C23H26N6O7/c1-33-22(32)15(25)8-13-2-4-14(5-3-13)35-12-34-10-23(9-24)20(31)18(30)19(36-23)16-6-7-17-21(26)27-11-28-29(16)17/h2-7,11,15,18-20,30-31H,8,10,12,25H2,1H3,(H2,26,27,28)/t15-,18-,19-,20-,23+/m0/s1. The van der Waals surface area contributed by atoms with Crippen LogP contribution in [0.3, 0.4) is 0 Å². The zero-order valence-corrected chi connectivity index (χ0v) is 19.4. The molecule has 3 heterocycles. The molecule has 6 N–H and O–H groups in total. The minimum atomic E-state index is -1.84. The number of rotatable bonds is 9. The molecule has 4 rings (SSSR count). The number of hydrogen-bond acceptors (Lipinski definition) is 12. The second-order valence-corrected chi connectivity index (χ2v) is 8.26. The summed E-state index contributed by atoms with van der Waals surface area (Å²) in [6.07, 6.45) is -2.49. The van der Waals surface area contributed by atoms with Gasteiger partial charge < -0.3 is 40.6 Å². The number of carbonyl (C=O) groups is 1. The van der Waals surface area contributed by atoms with Crippen molar-refractivity contribution in [1.29, 1.82) is 5.26 Å². The number of anilines is 1. The molecule has 1 aliphatic heterocycles. The van der Waals surface area contributed by atoms with Gasteiger partial charge >= 0.3 is 5.97 Å². The molecule has 13 heteroatoms. The highest BCUT2D eigenvalue weighted by Gasteiger charge is 2.56. The highest BCUT2D eigenvalue weighted by Crippen LogP contribution is 2.40. The lowest BCUT2D eigenvalue weighted by Crippen LogP contribution is -2.46. The number of hydrogen-bond donors (Lipinski definition) is 4. The average molecular weight is 498 g/mol. The molecule has 0 amide bonds. The molecule has 0 unspecified atom stereocenters. The van der Waals surface area contributed by atoms with Crippen molar-refractivity contribution in [2.75, 3.05) is 26.2 Å². The molecule has 1 aromatic carbocycles. The van der Waals surface area contributed by atoms with Crippen molar-refractivity contribution in [1.82, 2.24) is 14.6 Å². The fourth-order valence-electron chi connectivity index (χ4n) is 3.99. The Bertz CT molecular complexity index is 1260. The maximum Gasteiger partial charge on any atom is 0.322 e. The molecule has 0 aliphatic carbocycles. The molecule has 13 nitrogen and oxygen atoms in total. The van der Waals surface area contributed by atoms with Gasteiger partial charge in [0, 0.05) is 0 Å². The zero-order chi connectivity index (χ0) is 25.9. The first-order valence-corrected chi connectivity index (χ1v) is 11.0. The van der Waals surface area contributed by atoms with Crippen LogP contribution in [0.5, 0.6) is 5.75 Å². The SMILES string of the molecule is COC(=O)[C@@H](N)Cc1ccc(OCOC[C@@]2(C#N)O[C@@H](c3ccc4c(N)ncnn34)[C@H](O)[C@@H]2O)cc1. The largest absolute Gasteiger partial charge is 0.468 e. The number of fused-ring (bicyclic) bond motifs is 1. The number of nitrogen functional groups attached to an aromatic ring is 1. The Morgan fingerprint density at radius 3 is 2.75 bits per heavy atom. The van der Waals surface area contributed by atoms with Gasteiger partial charge in [0.25, 0.3) is 0 Å². The Morgan fingerprint density at radius 1 is 1.31 bits per heavy atom. The minimum absolute atomic E-state index is 0.232. The predicted molar refractivity (Wildman–Crippen MR) is 123 cm³/mol. The lowest BCUT2D eigenvalue weighted by molar-refractivity contribution is -0.142. The normalized spacial score (nSPS) is 24.4. The maximum absolute atomic E-state index is 11.5. The van der Waals surface area contributed by atoms with E-state index in [1.54, 1.807) is 36.4 Å². The Balaban J connectivity index is 1.36. The van der Waals surface area contributed by atoms with Crippen molar-refractivity contribution in [3.05, 3.63) is 54.0 Å². The van der Waals surface area contributed by atoms with Crippen LogP contribution in [0, 0.1) is 11.3 Å². The number of aliphatic hydroxyl groups excluding tert-OH is 2. The van der Waals surface area contributed by atoms with Gasteiger partial charge in [-0.05, 0) is 36.2 Å². The van der Waals surface area contributed by atoms with Crippen molar-refractivity contribution < 1.29 is 34.0 Å². The Labute approximate surface area is 205 Å². The third-order valence-electron chi connectivity index (χ3n) is 5.95. The number of nitrogens with zero attached hydrogens (tertiary/aromatic N) is 4. The molecule has 0 spiro atoms. The van der Waals surface area contributed by atoms with Crippen molar-refractivity contribution in [3.8, 4) is 11.8 Å². The summed E-state index contributed by atoms with van der Waals surface area (Å²) in [5.41, 5.74) is 11.5. The zero-order valence-electron chi connectivity index (χ0n) is 19.4. The second-order valence-electron chi connectivity index (χ2n) is 8.26. The van der Waals surface area contributed by atoms with E-state index in [2.05, 4.69) is 14.8 Å². The Kier molecular flexibility index (Phi) is 7.34. The molecule has 5 atom stereocenters. The van der Waals surface area contributed by atoms with Crippen LogP contribution in [0.15, 0.2) is 42.7 Å². The third kappa shape index (κ3) is 4.81. The molecule has 1 saturated heterocycles. The number of nitrogens with two attached hydrogens (primary N) is 2. The number of benzene rings is 1. The first-order chi connectivity index (χ1) is 17.3. The van der Waals surface area contributed by atoms with E-state index >= 15 is 0 Å². The van der Waals surface area contributed by atoms with Crippen molar-refractivity contribution in [2.45, 2.75) is 36.4 Å². The molecule has 0 saturated carbocycles. The van der Waals surface area contributed by atoms with E-state index in [0.717, 1.165) is 5.56 Å². The molecule has 1 aliphatic rings. The van der Waals surface area contributed by atoms with E-state index in [0.29, 0.717) is 23.4 Å². The molecule has 0 radical (unpaired) electrons. The van der Waals surface area contributed by atoms with E-state index in [9.17, 15) is 20.3 Å². The quantitative estimate of drug-likeness (QED) is 0.167. The van der Waals surface area contributed by atoms with Gasteiger partial charge in [-0.1, -0.05) is 12.1 Å². The van der Waals surface area contributed by atoms with Gasteiger partial charge in [-0.2, -0.15) is 10.4 Å². The third-order valence-corrected chi connectivity index (χ3v) is 5.95. The van der Waals surface area contributed by atoms with Crippen LogP contribution in [-0.4, -0.2) is 75.1 Å². The van der Waals surface area contributed by atoms with Crippen LogP contribution in [0.1, 0.15) is 17.4 Å². The van der Waals surface area contributed by atoms with Gasteiger partial charge in [-0.25, -0.2) is 9.50 Å². The first kappa shape index (κ1) is 25.3. The number of aromatic nitrogens is 3. The molecule has 1 fully saturated rings. The number of ether oxygens (including phenoxy) is 4. The van der Waals surface area contributed by atoms with Gasteiger partial charge in [0.05, 0.1) is 19.4 Å². The van der Waals surface area contributed by atoms with E-state index in [4.69, 9.17) is 25.7 Å². The van der Waals surface area contributed by atoms with Crippen molar-refractivity contribution in [2.24, 2.45) is 5.73 Å². The van der Waals surface area contributed by atoms with E-state index in [1.807, 2.05) is 6.07 Å². The topological polar surface area (TPSA) is 200 Å². The number of esters is 1. The summed E-state index contributed by atoms with van der Waals surface area (Å²) in [6, 6.07) is 11.3. The van der Waals surface area contributed by atoms with Crippen LogP contribution in [-0.2, 0) is 25.4 Å². The Hall–Kier alpha value is -3.80. The summed E-state index contributed by atoms with van der Waals surface area (Å²) in [7, 11) is 1.28. The fraction of sp³-hybridized carbons (Fsp3) is 0.391. The van der Waals surface area contributed by atoms with Gasteiger partial charge in [0.2, 0.25) is 5.60 Å². The highest BCUT2D eigenvalue weighted by molar-refractivity contribution is 5.75. The summed E-state index contributed by atoms with van der Waals surface area (Å²) < 4.78 is 22.9. The molecule has 0 bridgehead atoms. The number of carbonyl (C=O) groups excluding carboxylic acids is 1. The van der Waals surface area contributed by atoms with Crippen LogP contribution in [0.4, 0.5) is 5.82 Å². The molecule has 2 aromatic heterocycles. The van der Waals surface area contributed by atoms with Gasteiger partial charge in [0.15, 0.2) is 12.6 Å². The lowest BCUT2D eigenvalue weighted by atomic mass is 9.96. The minimum Gasteiger partial charge on any atom is -0.468 e. The van der Waals surface area contributed by atoms with Gasteiger partial charge in [0.1, 0.15) is 48.0 Å². The summed E-state index contributed by atoms with van der Waals surface area (Å²) in [5, 5.41) is 35.2. The maximum atomic E-state index is 11.5. The summed E-state index contributed by atoms with van der Waals surface area (Å²) in [6.45, 7) is -0.621. The molecular formula is C23H26N6O7. The molecule has 3 aromatic rings. The average Bonchev–Trinajstić information content (AvgIpc) is 3.43. The monoisotopic (exact) mass is 498 g/mol. The fourth-order valence-corrected chi connectivity index (χ4v) is 3.99. The highest BCUT2D eigenvalue weighted by atomic mass is 16.7. The van der Waals surface area contributed by atoms with Crippen molar-refractivity contribution >= 4 is 17.3 Å². The van der Waals surface area contributed by atoms with E-state index in [1.165, 1.54) is 18.0 Å². The van der Waals surface area contributed by atoms with Crippen molar-refractivity contribution in [3.63, 3.8) is 0 Å². The van der Waals surface area contributed by atoms with Crippen LogP contribution in [0.25, 0.3) is 5.52 Å². The van der Waals surface area contributed by atoms with Gasteiger partial charge in [-0.15, -0.1) is 0 Å². The lowest BCUT2D eigenvalue weighted by Gasteiger charge is -2.24. The molecule has 36 heavy (non-hydrogen) atoms. The number of nitriles is 1. The van der Waals surface area contributed by atoms with Crippen LogP contribution >= 0.6 is 0 Å². The number of methoxy groups -OCH3 is 1. The second kappa shape index (κ2) is 10.4. The molecular weight excluding hydrogens is 472 g/mol. The van der Waals surface area contributed by atoms with E-state index in [-0.39, 0.29) is 19.2 Å². The smallest absolute Gasteiger partial charge is 0.322 e. The van der Waals surface area contributed by atoms with Gasteiger partial charge in [-0.3, -0.25) is 4.79 Å². The van der Waals surface area contributed by atoms with Crippen LogP contribution < -0.4 is 16.2 Å². The molecule has 190 valence electrons. The summed E-state index contributed by atoms with van der Waals surface area (Å²) in [4.78, 5) is 15.4. The summed E-state index contributed by atoms with van der Waals surface area (Å²) in [5.74, 6) is 0.205. The summed E-state index contributed by atoms with van der Waals surface area (Å²) >= 11 is 0. The Morgan fingerprint density at radius 2 is 2.06 bits per heavy atom. The van der Waals surface area contributed by atoms with Crippen LogP contribution in [0.2, 0.25) is 0 Å². The van der Waals surface area contributed by atoms with E-state index < -0.39 is 35.9 Å². The predicted octanol–water partition coefficient (Wildman–Crippen LogP) is -0.537. The first-order valence-electron chi connectivity index (χ1n) is 11.0. The number of aliphatic hydroxyl groups is 2.